The van der Waals surface area contributed by atoms with E-state index in [1.807, 2.05) is 49.1 Å². The monoisotopic (exact) mass is 562 g/mol. The first-order valence-corrected chi connectivity index (χ1v) is 14.6. The van der Waals surface area contributed by atoms with Crippen LogP contribution in [0.1, 0.15) is 11.1 Å². The topological polar surface area (TPSA) is 50.5 Å². The lowest BCUT2D eigenvalue weighted by atomic mass is 9.91. The summed E-state index contributed by atoms with van der Waals surface area (Å²) >= 11 is 0. The Morgan fingerprint density at radius 1 is 0.386 bits per heavy atom. The third kappa shape index (κ3) is 4.59. The molecule has 0 radical (unpaired) electrons. The lowest BCUT2D eigenvalue weighted by Gasteiger charge is -2.16. The van der Waals surface area contributed by atoms with Crippen molar-refractivity contribution in [2.45, 2.75) is 0 Å². The number of aliphatic imine (C=N–C) groups is 2. The summed E-state index contributed by atoms with van der Waals surface area (Å²) in [5.74, 6) is 0. The van der Waals surface area contributed by atoms with Gasteiger partial charge in [0.25, 0.3) is 0 Å². The van der Waals surface area contributed by atoms with Crippen molar-refractivity contribution < 1.29 is 0 Å². The number of rotatable bonds is 5. The maximum Gasteiger partial charge on any atom is 0.0789 e. The van der Waals surface area contributed by atoms with Crippen molar-refractivity contribution in [1.29, 1.82) is 0 Å². The average Bonchev–Trinajstić information content (AvgIpc) is 3.09. The summed E-state index contributed by atoms with van der Waals surface area (Å²) in [7, 11) is 0. The van der Waals surface area contributed by atoms with Gasteiger partial charge in [-0.3, -0.25) is 20.0 Å². The van der Waals surface area contributed by atoms with Gasteiger partial charge in [0.15, 0.2) is 0 Å². The first-order valence-electron chi connectivity index (χ1n) is 14.6. The number of nitrogens with zero attached hydrogens (tertiary/aromatic N) is 4. The highest BCUT2D eigenvalue weighted by molar-refractivity contribution is 6.14. The van der Waals surface area contributed by atoms with Crippen molar-refractivity contribution >= 4 is 67.2 Å². The SMILES string of the molecule is C(=Nc1ccc2ccccc2c1-c1c(N=Cc2cccc3cccnc23)ccc2ccccc12)c1cccc2cccnc12. The number of aromatic nitrogens is 2. The molecule has 8 rings (SSSR count). The highest BCUT2D eigenvalue weighted by atomic mass is 14.8. The fourth-order valence-corrected chi connectivity index (χ4v) is 6.00. The summed E-state index contributed by atoms with van der Waals surface area (Å²) in [5.41, 5.74) is 7.65. The van der Waals surface area contributed by atoms with E-state index >= 15 is 0 Å². The van der Waals surface area contributed by atoms with E-state index in [4.69, 9.17) is 9.98 Å². The van der Waals surface area contributed by atoms with E-state index in [2.05, 4.69) is 119 Å². The van der Waals surface area contributed by atoms with Crippen LogP contribution in [0.4, 0.5) is 11.4 Å². The molecule has 0 saturated carbocycles. The molecule has 206 valence electrons. The summed E-state index contributed by atoms with van der Waals surface area (Å²) < 4.78 is 0. The Labute approximate surface area is 254 Å². The summed E-state index contributed by atoms with van der Waals surface area (Å²) in [4.78, 5) is 19.5. The Hall–Kier alpha value is -6.00. The van der Waals surface area contributed by atoms with Gasteiger partial charge in [0.05, 0.1) is 22.4 Å². The molecule has 0 aliphatic carbocycles. The standard InChI is InChI=1S/C40H26N4/c1-3-17-33-27(9-1)19-21-35(43-25-31-13-5-11-29-15-7-23-41-39(29)31)37(33)38-34-18-4-2-10-28(34)20-22-36(38)44-26-32-14-6-12-30-16-8-24-42-40(30)32/h1-26H. The van der Waals surface area contributed by atoms with Gasteiger partial charge < -0.3 is 0 Å². The fourth-order valence-electron chi connectivity index (χ4n) is 6.00. The van der Waals surface area contributed by atoms with Gasteiger partial charge in [0.1, 0.15) is 0 Å². The molecular formula is C40H26N4. The highest BCUT2D eigenvalue weighted by Crippen LogP contribution is 2.45. The van der Waals surface area contributed by atoms with E-state index < -0.39 is 0 Å². The third-order valence-corrected chi connectivity index (χ3v) is 8.08. The van der Waals surface area contributed by atoms with Gasteiger partial charge in [0.2, 0.25) is 0 Å². The van der Waals surface area contributed by atoms with Crippen LogP contribution in [-0.4, -0.2) is 22.4 Å². The number of para-hydroxylation sites is 2. The normalized spacial score (nSPS) is 11.9. The van der Waals surface area contributed by atoms with Crippen LogP contribution in [0.25, 0.3) is 54.5 Å². The number of hydrogen-bond donors (Lipinski definition) is 0. The molecule has 0 fully saturated rings. The van der Waals surface area contributed by atoms with Gasteiger partial charge in [-0.05, 0) is 45.8 Å². The molecule has 0 spiro atoms. The molecule has 0 N–H and O–H groups in total. The number of hydrogen-bond acceptors (Lipinski definition) is 4. The zero-order valence-electron chi connectivity index (χ0n) is 23.8. The van der Waals surface area contributed by atoms with Gasteiger partial charge in [-0.25, -0.2) is 0 Å². The minimum atomic E-state index is 0.872. The first-order chi connectivity index (χ1) is 21.8. The molecule has 6 aromatic carbocycles. The predicted molar refractivity (Wildman–Crippen MR) is 185 cm³/mol. The van der Waals surface area contributed by atoms with Crippen LogP contribution in [-0.2, 0) is 0 Å². The van der Waals surface area contributed by atoms with E-state index in [1.165, 1.54) is 0 Å². The number of fused-ring (bicyclic) bond motifs is 4. The molecule has 0 bridgehead atoms. The lowest BCUT2D eigenvalue weighted by molar-refractivity contribution is 1.40. The van der Waals surface area contributed by atoms with Crippen LogP contribution in [0.2, 0.25) is 0 Å². The van der Waals surface area contributed by atoms with Crippen LogP contribution in [0, 0.1) is 0 Å². The van der Waals surface area contributed by atoms with Crippen molar-refractivity contribution in [1.82, 2.24) is 9.97 Å². The van der Waals surface area contributed by atoms with E-state index in [0.717, 1.165) is 77.0 Å². The molecule has 2 heterocycles. The molecule has 0 aliphatic rings. The van der Waals surface area contributed by atoms with E-state index in [9.17, 15) is 0 Å². The molecule has 4 nitrogen and oxygen atoms in total. The van der Waals surface area contributed by atoms with Crippen molar-refractivity contribution in [2.75, 3.05) is 0 Å². The molecule has 4 heteroatoms. The maximum absolute atomic E-state index is 5.13. The fraction of sp³-hybridized carbons (Fsp3) is 0. The van der Waals surface area contributed by atoms with Crippen molar-refractivity contribution in [3.05, 3.63) is 157 Å². The average molecular weight is 563 g/mol. The van der Waals surface area contributed by atoms with Crippen molar-refractivity contribution in [2.24, 2.45) is 9.98 Å². The smallest absolute Gasteiger partial charge is 0.0789 e. The Kier molecular flexibility index (Phi) is 6.43. The van der Waals surface area contributed by atoms with Gasteiger partial charge in [-0.2, -0.15) is 0 Å². The number of benzene rings is 6. The van der Waals surface area contributed by atoms with Crippen LogP contribution in [0.5, 0.6) is 0 Å². The molecule has 8 aromatic rings. The number of pyridine rings is 2. The Morgan fingerprint density at radius 2 is 0.818 bits per heavy atom. The molecular weight excluding hydrogens is 536 g/mol. The Morgan fingerprint density at radius 3 is 1.32 bits per heavy atom. The molecule has 0 aliphatic heterocycles. The third-order valence-electron chi connectivity index (χ3n) is 8.08. The minimum absolute atomic E-state index is 0.872. The lowest BCUT2D eigenvalue weighted by Crippen LogP contribution is -1.90. The van der Waals surface area contributed by atoms with E-state index in [1.54, 1.807) is 0 Å². The van der Waals surface area contributed by atoms with Crippen LogP contribution in [0.15, 0.2) is 156 Å². The van der Waals surface area contributed by atoms with E-state index in [0.29, 0.717) is 0 Å². The second-order valence-corrected chi connectivity index (χ2v) is 10.7. The van der Waals surface area contributed by atoms with E-state index in [-0.39, 0.29) is 0 Å². The van der Waals surface area contributed by atoms with Gasteiger partial charge in [-0.1, -0.05) is 109 Å². The molecule has 44 heavy (non-hydrogen) atoms. The van der Waals surface area contributed by atoms with Crippen LogP contribution in [0.3, 0.4) is 0 Å². The van der Waals surface area contributed by atoms with Gasteiger partial charge >= 0.3 is 0 Å². The largest absolute Gasteiger partial charge is 0.256 e. The van der Waals surface area contributed by atoms with Crippen LogP contribution < -0.4 is 0 Å². The first kappa shape index (κ1) is 25.7. The molecule has 0 saturated heterocycles. The summed E-state index contributed by atoms with van der Waals surface area (Å²) in [6.45, 7) is 0. The second-order valence-electron chi connectivity index (χ2n) is 10.7. The summed E-state index contributed by atoms with van der Waals surface area (Å²) in [6.07, 6.45) is 7.51. The zero-order valence-corrected chi connectivity index (χ0v) is 23.8. The Balaban J connectivity index is 1.37. The highest BCUT2D eigenvalue weighted by Gasteiger charge is 2.17. The maximum atomic E-state index is 5.13. The zero-order chi connectivity index (χ0) is 29.3. The summed E-state index contributed by atoms with van der Waals surface area (Å²) in [6, 6.07) is 45.9. The molecule has 0 unspecified atom stereocenters. The summed E-state index contributed by atoms with van der Waals surface area (Å²) in [5, 5.41) is 6.71. The minimum Gasteiger partial charge on any atom is -0.256 e. The molecule has 2 aromatic heterocycles. The molecule has 0 atom stereocenters. The Bertz CT molecular complexity index is 2220. The van der Waals surface area contributed by atoms with Gasteiger partial charge in [-0.15, -0.1) is 0 Å². The predicted octanol–water partition coefficient (Wildman–Crippen LogP) is 10.3. The quantitative estimate of drug-likeness (QED) is 0.196. The van der Waals surface area contributed by atoms with Crippen LogP contribution >= 0.6 is 0 Å². The second kappa shape index (κ2) is 11.0. The van der Waals surface area contributed by atoms with Gasteiger partial charge in [0, 0.05) is 57.8 Å². The molecule has 0 amide bonds. The van der Waals surface area contributed by atoms with Crippen molar-refractivity contribution in [3.63, 3.8) is 0 Å². The van der Waals surface area contributed by atoms with Crippen molar-refractivity contribution in [3.8, 4) is 11.1 Å².